The number of benzene rings is 3. The molecule has 3 aromatic carbocycles. The molecule has 1 heterocycles. The molecule has 4 aromatic rings. The Morgan fingerprint density at radius 2 is 1.56 bits per heavy atom. The molecule has 0 saturated heterocycles. The molecule has 36 heavy (non-hydrogen) atoms. The zero-order chi connectivity index (χ0) is 26.0. The highest BCUT2D eigenvalue weighted by atomic mass is 32.2. The van der Waals surface area contributed by atoms with Gasteiger partial charge in [-0.25, -0.2) is 8.42 Å². The number of rotatable bonds is 8. The van der Waals surface area contributed by atoms with E-state index >= 15 is 0 Å². The van der Waals surface area contributed by atoms with Crippen molar-refractivity contribution >= 4 is 26.7 Å². The van der Waals surface area contributed by atoms with Crippen molar-refractivity contribution in [1.82, 2.24) is 9.29 Å². The third-order valence-corrected chi connectivity index (χ3v) is 8.10. The van der Waals surface area contributed by atoms with E-state index in [9.17, 15) is 18.0 Å². The van der Waals surface area contributed by atoms with Crippen LogP contribution in [0.15, 0.2) is 76.4 Å². The summed E-state index contributed by atoms with van der Waals surface area (Å²) in [5, 5.41) is 0.834. The summed E-state index contributed by atoms with van der Waals surface area (Å²) in [5.74, 6) is 0.506. The molecule has 0 radical (unpaired) electrons. The smallest absolute Gasteiger partial charge is 0.252 e. The summed E-state index contributed by atoms with van der Waals surface area (Å²) in [6.07, 6.45) is 0. The molecular weight excluding hydrogens is 476 g/mol. The van der Waals surface area contributed by atoms with Crippen LogP contribution in [0.2, 0.25) is 0 Å². The highest BCUT2D eigenvalue weighted by Gasteiger charge is 2.26. The van der Waals surface area contributed by atoms with Gasteiger partial charge in [0.1, 0.15) is 5.75 Å². The summed E-state index contributed by atoms with van der Waals surface area (Å²) in [7, 11) is -2.44. The number of carbonyl (C=O) groups excluding carboxylic acids is 1. The number of aromatic amines is 1. The fourth-order valence-corrected chi connectivity index (χ4v) is 5.41. The minimum Gasteiger partial charge on any atom is -0.497 e. The minimum atomic E-state index is -4.00. The second-order valence-electron chi connectivity index (χ2n) is 8.85. The van der Waals surface area contributed by atoms with Gasteiger partial charge in [-0.05, 0) is 85.3 Å². The average Bonchev–Trinajstić information content (AvgIpc) is 2.85. The fraction of sp³-hybridized carbons (Fsp3) is 0.214. The Kier molecular flexibility index (Phi) is 7.10. The number of aryl methyl sites for hydroxylation is 2. The lowest BCUT2D eigenvalue weighted by atomic mass is 10.0. The van der Waals surface area contributed by atoms with E-state index in [2.05, 4.69) is 4.98 Å². The molecule has 4 rings (SSSR count). The molecule has 0 spiro atoms. The Hall–Kier alpha value is -3.75. The third-order valence-electron chi connectivity index (χ3n) is 6.30. The monoisotopic (exact) mass is 504 g/mol. The third kappa shape index (κ3) is 5.24. The second kappa shape index (κ2) is 10.1. The van der Waals surface area contributed by atoms with Crippen molar-refractivity contribution in [2.75, 3.05) is 7.11 Å². The van der Waals surface area contributed by atoms with Crippen molar-refractivity contribution in [3.8, 4) is 5.75 Å². The van der Waals surface area contributed by atoms with E-state index in [-0.39, 0.29) is 29.3 Å². The molecule has 8 heteroatoms. The lowest BCUT2D eigenvalue weighted by Gasteiger charge is -2.23. The van der Waals surface area contributed by atoms with Gasteiger partial charge in [0, 0.05) is 29.7 Å². The van der Waals surface area contributed by atoms with Crippen LogP contribution < -0.4 is 10.3 Å². The molecule has 0 aliphatic heterocycles. The molecule has 0 fully saturated rings. The number of aromatic nitrogens is 1. The Balaban J connectivity index is 1.77. The van der Waals surface area contributed by atoms with E-state index in [1.165, 1.54) is 35.5 Å². The van der Waals surface area contributed by atoms with Crippen LogP contribution in [-0.4, -0.2) is 30.6 Å². The molecule has 0 amide bonds. The van der Waals surface area contributed by atoms with Crippen LogP contribution in [-0.2, 0) is 23.1 Å². The van der Waals surface area contributed by atoms with Gasteiger partial charge in [-0.2, -0.15) is 4.31 Å². The van der Waals surface area contributed by atoms with E-state index in [1.54, 1.807) is 37.4 Å². The number of nitrogens with one attached hydrogen (secondary N) is 1. The minimum absolute atomic E-state index is 0.0460. The molecule has 1 N–H and O–H groups in total. The number of Topliss-reactive ketones (excluding diaryl/α,β-unsaturated/α-hetero) is 1. The summed E-state index contributed by atoms with van der Waals surface area (Å²) in [6.45, 7) is 5.31. The van der Waals surface area contributed by atoms with Crippen LogP contribution in [0.5, 0.6) is 5.75 Å². The first-order chi connectivity index (χ1) is 17.1. The maximum absolute atomic E-state index is 13.7. The van der Waals surface area contributed by atoms with Crippen molar-refractivity contribution in [3.05, 3.63) is 105 Å². The van der Waals surface area contributed by atoms with Crippen molar-refractivity contribution in [2.45, 2.75) is 38.8 Å². The largest absolute Gasteiger partial charge is 0.497 e. The summed E-state index contributed by atoms with van der Waals surface area (Å²) in [5.41, 5.74) is 4.00. The summed E-state index contributed by atoms with van der Waals surface area (Å²) in [6, 6.07) is 18.6. The average molecular weight is 505 g/mol. The van der Waals surface area contributed by atoms with Gasteiger partial charge in [0.15, 0.2) is 5.78 Å². The van der Waals surface area contributed by atoms with Gasteiger partial charge in [0.05, 0.1) is 12.0 Å². The summed E-state index contributed by atoms with van der Waals surface area (Å²) >= 11 is 0. The molecule has 0 aliphatic rings. The van der Waals surface area contributed by atoms with Gasteiger partial charge < -0.3 is 9.72 Å². The first kappa shape index (κ1) is 25.3. The van der Waals surface area contributed by atoms with E-state index < -0.39 is 10.0 Å². The number of pyridine rings is 1. The van der Waals surface area contributed by atoms with E-state index in [1.807, 2.05) is 26.0 Å². The number of methoxy groups -OCH3 is 1. The van der Waals surface area contributed by atoms with Crippen LogP contribution in [0.25, 0.3) is 10.9 Å². The molecule has 0 unspecified atom stereocenters. The van der Waals surface area contributed by atoms with Gasteiger partial charge in [-0.1, -0.05) is 24.3 Å². The zero-order valence-electron chi connectivity index (χ0n) is 20.7. The SMILES string of the molecule is COc1ccc(CN(Cc2cc3cc(C)c(C)cc3[nH]c2=O)S(=O)(=O)c2ccc(C(C)=O)cc2)cc1. The number of hydrogen-bond donors (Lipinski definition) is 1. The molecule has 7 nitrogen and oxygen atoms in total. The van der Waals surface area contributed by atoms with E-state index in [4.69, 9.17) is 4.74 Å². The number of nitrogens with zero attached hydrogens (tertiary/aromatic N) is 1. The van der Waals surface area contributed by atoms with Gasteiger partial charge in [0.25, 0.3) is 5.56 Å². The first-order valence-corrected chi connectivity index (χ1v) is 12.9. The molecular formula is C28H28N2O5S. The van der Waals surface area contributed by atoms with Crippen molar-refractivity contribution in [3.63, 3.8) is 0 Å². The molecule has 0 bridgehead atoms. The quantitative estimate of drug-likeness (QED) is 0.350. The van der Waals surface area contributed by atoms with Crippen molar-refractivity contribution in [2.24, 2.45) is 0 Å². The number of ether oxygens (including phenoxy) is 1. The first-order valence-electron chi connectivity index (χ1n) is 11.5. The molecule has 186 valence electrons. The van der Waals surface area contributed by atoms with E-state index in [0.717, 1.165) is 22.1 Å². The number of hydrogen-bond acceptors (Lipinski definition) is 5. The van der Waals surface area contributed by atoms with Crippen LogP contribution in [0.1, 0.15) is 39.5 Å². The Morgan fingerprint density at radius 1 is 0.917 bits per heavy atom. The van der Waals surface area contributed by atoms with Gasteiger partial charge in [-0.3, -0.25) is 9.59 Å². The maximum Gasteiger partial charge on any atom is 0.252 e. The van der Waals surface area contributed by atoms with Gasteiger partial charge in [0.2, 0.25) is 10.0 Å². The van der Waals surface area contributed by atoms with Gasteiger partial charge >= 0.3 is 0 Å². The lowest BCUT2D eigenvalue weighted by Crippen LogP contribution is -2.32. The lowest BCUT2D eigenvalue weighted by molar-refractivity contribution is 0.101. The van der Waals surface area contributed by atoms with Crippen LogP contribution >= 0.6 is 0 Å². The standard InChI is InChI=1S/C28H28N2O5S/c1-18-13-23-15-24(28(32)29-27(23)14-19(18)2)17-30(16-21-5-9-25(35-4)10-6-21)36(33,34)26-11-7-22(8-12-26)20(3)31/h5-15H,16-17H2,1-4H3,(H,29,32). The zero-order valence-corrected chi connectivity index (χ0v) is 21.5. The van der Waals surface area contributed by atoms with Crippen molar-refractivity contribution < 1.29 is 17.9 Å². The van der Waals surface area contributed by atoms with E-state index in [0.29, 0.717) is 22.4 Å². The topological polar surface area (TPSA) is 96.5 Å². The number of fused-ring (bicyclic) bond motifs is 1. The van der Waals surface area contributed by atoms with Gasteiger partial charge in [-0.15, -0.1) is 0 Å². The molecule has 0 atom stereocenters. The normalized spacial score (nSPS) is 11.7. The number of sulfonamides is 1. The maximum atomic E-state index is 13.7. The molecule has 0 saturated carbocycles. The summed E-state index contributed by atoms with van der Waals surface area (Å²) < 4.78 is 33.9. The predicted molar refractivity (Wildman–Crippen MR) is 140 cm³/mol. The van der Waals surface area contributed by atoms with Crippen LogP contribution in [0.3, 0.4) is 0 Å². The number of ketones is 1. The Bertz CT molecular complexity index is 1590. The fourth-order valence-electron chi connectivity index (χ4n) is 4.00. The Morgan fingerprint density at radius 3 is 2.17 bits per heavy atom. The number of H-pyrrole nitrogens is 1. The number of carbonyl (C=O) groups is 1. The molecule has 1 aromatic heterocycles. The van der Waals surface area contributed by atoms with Crippen LogP contribution in [0.4, 0.5) is 0 Å². The van der Waals surface area contributed by atoms with Crippen molar-refractivity contribution in [1.29, 1.82) is 0 Å². The van der Waals surface area contributed by atoms with Crippen LogP contribution in [0, 0.1) is 13.8 Å². The second-order valence-corrected chi connectivity index (χ2v) is 10.8. The highest BCUT2D eigenvalue weighted by molar-refractivity contribution is 7.89. The predicted octanol–water partition coefficient (Wildman–Crippen LogP) is 4.75. The molecule has 0 aliphatic carbocycles. The summed E-state index contributed by atoms with van der Waals surface area (Å²) in [4.78, 5) is 27.5. The highest BCUT2D eigenvalue weighted by Crippen LogP contribution is 2.24. The Labute approximate surface area is 210 Å².